The highest BCUT2D eigenvalue weighted by Crippen LogP contribution is 2.33. The van der Waals surface area contributed by atoms with Crippen molar-refractivity contribution in [1.29, 1.82) is 4.78 Å². The van der Waals surface area contributed by atoms with Gasteiger partial charge in [-0.15, -0.1) is 0 Å². The van der Waals surface area contributed by atoms with Gasteiger partial charge in [-0.25, -0.2) is 23.6 Å². The van der Waals surface area contributed by atoms with Gasteiger partial charge in [-0.3, -0.25) is 9.57 Å². The smallest absolute Gasteiger partial charge is 0.251 e. The van der Waals surface area contributed by atoms with Gasteiger partial charge in [-0.1, -0.05) is 19.9 Å². The molecule has 3 N–H and O–H groups in total. The summed E-state index contributed by atoms with van der Waals surface area (Å²) >= 11 is 0. The van der Waals surface area contributed by atoms with E-state index >= 15 is 0 Å². The number of pyridine rings is 1. The number of amides is 1. The molecule has 8 nitrogen and oxygen atoms in total. The topological polar surface area (TPSA) is 121 Å². The molecule has 3 aromatic rings. The number of hydrogen-bond acceptors (Lipinski definition) is 7. The molecule has 4 rings (SSSR count). The van der Waals surface area contributed by atoms with E-state index in [1.54, 1.807) is 30.3 Å². The van der Waals surface area contributed by atoms with Crippen LogP contribution in [0.4, 0.5) is 16.2 Å². The van der Waals surface area contributed by atoms with E-state index < -0.39 is 15.5 Å². The van der Waals surface area contributed by atoms with Crippen LogP contribution in [0.2, 0.25) is 0 Å². The Labute approximate surface area is 185 Å². The lowest BCUT2D eigenvalue weighted by Crippen LogP contribution is -2.43. The molecule has 1 aliphatic rings. The summed E-state index contributed by atoms with van der Waals surface area (Å²) in [6.45, 7) is 4.52. The van der Waals surface area contributed by atoms with Crippen LogP contribution in [0.1, 0.15) is 35.3 Å². The molecule has 0 radical (unpaired) electrons. The Morgan fingerprint density at radius 3 is 2.78 bits per heavy atom. The molecule has 32 heavy (non-hydrogen) atoms. The van der Waals surface area contributed by atoms with Crippen molar-refractivity contribution in [3.8, 4) is 11.3 Å². The van der Waals surface area contributed by atoms with Gasteiger partial charge in [0.05, 0.1) is 11.9 Å². The summed E-state index contributed by atoms with van der Waals surface area (Å²) in [6.07, 6.45) is 3.98. The van der Waals surface area contributed by atoms with Gasteiger partial charge < -0.3 is 10.6 Å². The minimum absolute atomic E-state index is 0.0954. The number of aromatic nitrogens is 3. The van der Waals surface area contributed by atoms with E-state index in [-0.39, 0.29) is 28.7 Å². The van der Waals surface area contributed by atoms with E-state index in [4.69, 9.17) is 4.78 Å². The van der Waals surface area contributed by atoms with Gasteiger partial charge >= 0.3 is 0 Å². The number of rotatable bonds is 5. The third-order valence-electron chi connectivity index (χ3n) is 5.21. The predicted molar refractivity (Wildman–Crippen MR) is 121 cm³/mol. The van der Waals surface area contributed by atoms with E-state index in [1.807, 2.05) is 13.8 Å². The van der Waals surface area contributed by atoms with Crippen molar-refractivity contribution in [2.45, 2.75) is 25.0 Å². The summed E-state index contributed by atoms with van der Waals surface area (Å²) in [7, 11) is -2.70. The van der Waals surface area contributed by atoms with Crippen molar-refractivity contribution in [1.82, 2.24) is 20.3 Å². The standard InChI is InChI=1S/C22H23FN6O2S/c1-22(2)12-27-20(30)15-5-4-14(9-16(15)22)19-17(23)10-26-21(29-19)28-18-8-13(6-7-25-18)11-32(3,24)31/h4-10,24H,11-12H2,1-3H3,(H,27,30)(H,25,26,28,29). The van der Waals surface area contributed by atoms with Crippen molar-refractivity contribution in [3.05, 3.63) is 65.2 Å². The van der Waals surface area contributed by atoms with Crippen molar-refractivity contribution < 1.29 is 13.4 Å². The SMILES string of the molecule is CC1(C)CNC(=O)c2ccc(-c3nc(Nc4cc(CS(C)(=N)=O)ccn4)ncc3F)cc21. The molecule has 1 atom stereocenters. The first-order chi connectivity index (χ1) is 15.0. The summed E-state index contributed by atoms with van der Waals surface area (Å²) in [4.78, 5) is 24.7. The predicted octanol–water partition coefficient (Wildman–Crippen LogP) is 3.62. The fraction of sp³-hybridized carbons (Fsp3) is 0.273. The number of fused-ring (bicyclic) bond motifs is 1. The highest BCUT2D eigenvalue weighted by molar-refractivity contribution is 7.90. The van der Waals surface area contributed by atoms with Crippen molar-refractivity contribution in [2.24, 2.45) is 0 Å². The van der Waals surface area contributed by atoms with E-state index in [0.29, 0.717) is 29.1 Å². The van der Waals surface area contributed by atoms with Crippen LogP contribution in [-0.4, -0.2) is 37.9 Å². The quantitative estimate of drug-likeness (QED) is 0.542. The van der Waals surface area contributed by atoms with Gasteiger partial charge in [0.2, 0.25) is 5.95 Å². The van der Waals surface area contributed by atoms with Crippen molar-refractivity contribution in [2.75, 3.05) is 18.1 Å². The molecule has 0 spiro atoms. The van der Waals surface area contributed by atoms with Gasteiger partial charge in [0.25, 0.3) is 5.91 Å². The number of carbonyl (C=O) groups excluding carboxylic acids is 1. The number of anilines is 2. The Bertz CT molecular complexity index is 1320. The van der Waals surface area contributed by atoms with Crippen LogP contribution in [0, 0.1) is 10.6 Å². The minimum Gasteiger partial charge on any atom is -0.351 e. The second-order valence-corrected chi connectivity index (χ2v) is 10.8. The molecule has 1 aromatic carbocycles. The monoisotopic (exact) mass is 454 g/mol. The molecule has 3 heterocycles. The molecule has 0 bridgehead atoms. The molecular weight excluding hydrogens is 431 g/mol. The molecule has 0 aliphatic carbocycles. The van der Waals surface area contributed by atoms with E-state index in [1.165, 1.54) is 12.5 Å². The second kappa shape index (κ2) is 7.94. The number of hydrogen-bond donors (Lipinski definition) is 3. The van der Waals surface area contributed by atoms with Crippen LogP contribution in [0.3, 0.4) is 0 Å². The molecule has 2 aromatic heterocycles. The van der Waals surface area contributed by atoms with Crippen LogP contribution in [0.25, 0.3) is 11.3 Å². The summed E-state index contributed by atoms with van der Waals surface area (Å²) in [6, 6.07) is 8.49. The van der Waals surface area contributed by atoms with Crippen LogP contribution < -0.4 is 10.6 Å². The van der Waals surface area contributed by atoms with Crippen molar-refractivity contribution in [3.63, 3.8) is 0 Å². The Hall–Kier alpha value is -3.40. The van der Waals surface area contributed by atoms with Crippen molar-refractivity contribution >= 4 is 27.4 Å². The van der Waals surface area contributed by atoms with Crippen LogP contribution in [-0.2, 0) is 20.9 Å². The maximum atomic E-state index is 14.6. The van der Waals surface area contributed by atoms with E-state index in [2.05, 4.69) is 25.6 Å². The molecule has 166 valence electrons. The van der Waals surface area contributed by atoms with Crippen LogP contribution in [0.15, 0.2) is 42.7 Å². The molecule has 0 saturated heterocycles. The lowest BCUT2D eigenvalue weighted by Gasteiger charge is -2.32. The van der Waals surface area contributed by atoms with E-state index in [9.17, 15) is 13.4 Å². The summed E-state index contributed by atoms with van der Waals surface area (Å²) < 4.78 is 34.0. The molecule has 10 heteroatoms. The Kier molecular flexibility index (Phi) is 5.41. The first-order valence-electron chi connectivity index (χ1n) is 9.91. The highest BCUT2D eigenvalue weighted by atomic mass is 32.2. The third-order valence-corrected chi connectivity index (χ3v) is 6.09. The summed E-state index contributed by atoms with van der Waals surface area (Å²) in [5.41, 5.74) is 2.42. The third kappa shape index (κ3) is 4.59. The van der Waals surface area contributed by atoms with Crippen LogP contribution in [0.5, 0.6) is 0 Å². The van der Waals surface area contributed by atoms with Crippen LogP contribution >= 0.6 is 0 Å². The fourth-order valence-electron chi connectivity index (χ4n) is 3.64. The number of nitrogens with one attached hydrogen (secondary N) is 3. The average molecular weight is 455 g/mol. The molecule has 0 saturated carbocycles. The first kappa shape index (κ1) is 21.8. The molecule has 1 amide bonds. The lowest BCUT2D eigenvalue weighted by molar-refractivity contribution is 0.0930. The summed E-state index contributed by atoms with van der Waals surface area (Å²) in [5, 5.41) is 5.80. The molecule has 0 fully saturated rings. The van der Waals surface area contributed by atoms with E-state index in [0.717, 1.165) is 11.8 Å². The van der Waals surface area contributed by atoms with Gasteiger partial charge in [-0.05, 0) is 35.4 Å². The first-order valence-corrected chi connectivity index (χ1v) is 12.0. The number of halogens is 1. The zero-order valence-electron chi connectivity index (χ0n) is 17.9. The normalized spacial score (nSPS) is 16.6. The molecule has 1 unspecified atom stereocenters. The maximum absolute atomic E-state index is 14.6. The lowest BCUT2D eigenvalue weighted by atomic mass is 9.78. The number of nitrogens with zero attached hydrogens (tertiary/aromatic N) is 3. The fourth-order valence-corrected chi connectivity index (χ4v) is 4.45. The Morgan fingerprint density at radius 2 is 2.03 bits per heavy atom. The van der Waals surface area contributed by atoms with Gasteiger partial charge in [0, 0.05) is 45.3 Å². The van der Waals surface area contributed by atoms with Gasteiger partial charge in [0.1, 0.15) is 11.5 Å². The maximum Gasteiger partial charge on any atom is 0.251 e. The second-order valence-electron chi connectivity index (χ2n) is 8.54. The highest BCUT2D eigenvalue weighted by Gasteiger charge is 2.32. The zero-order valence-corrected chi connectivity index (χ0v) is 18.7. The summed E-state index contributed by atoms with van der Waals surface area (Å²) in [5.74, 6) is -0.102. The molecular formula is C22H23FN6O2S. The van der Waals surface area contributed by atoms with Gasteiger partial charge in [0.15, 0.2) is 5.82 Å². The zero-order chi connectivity index (χ0) is 23.1. The number of benzene rings is 1. The minimum atomic E-state index is -2.70. The van der Waals surface area contributed by atoms with Gasteiger partial charge in [-0.2, -0.15) is 0 Å². The average Bonchev–Trinajstić information content (AvgIpc) is 2.71. The largest absolute Gasteiger partial charge is 0.351 e. The molecule has 1 aliphatic heterocycles. The Morgan fingerprint density at radius 1 is 1.25 bits per heavy atom. The Balaban J connectivity index is 1.68. The number of carbonyl (C=O) groups is 1.